The average molecular weight is 200 g/mol. The molecule has 0 saturated heterocycles. The van der Waals surface area contributed by atoms with Crippen LogP contribution in [0.5, 0.6) is 0 Å². The lowest BCUT2D eigenvalue weighted by molar-refractivity contribution is -0.124. The van der Waals surface area contributed by atoms with E-state index in [0.717, 1.165) is 19.3 Å². The number of nitrogens with one attached hydrogen (secondary N) is 1. The molecule has 74 valence electrons. The monoisotopic (exact) mass is 200 g/mol. The van der Waals surface area contributed by atoms with Gasteiger partial charge < -0.3 is 11.1 Å². The van der Waals surface area contributed by atoms with Crippen molar-refractivity contribution in [2.24, 2.45) is 11.1 Å². The number of thiocarbonyl (C=S) groups is 1. The Morgan fingerprint density at radius 1 is 1.69 bits per heavy atom. The predicted molar refractivity (Wildman–Crippen MR) is 56.3 cm³/mol. The van der Waals surface area contributed by atoms with E-state index in [2.05, 4.69) is 5.32 Å². The Morgan fingerprint density at radius 2 is 2.23 bits per heavy atom. The van der Waals surface area contributed by atoms with Crippen molar-refractivity contribution in [3.63, 3.8) is 0 Å². The van der Waals surface area contributed by atoms with Crippen LogP contribution < -0.4 is 11.1 Å². The van der Waals surface area contributed by atoms with Gasteiger partial charge in [0, 0.05) is 6.04 Å². The Labute approximate surface area is 84.1 Å². The molecular formula is C9H16N2OS. The molecule has 4 heteroatoms. The maximum atomic E-state index is 11.7. The number of carbonyl (C=O) groups excluding carboxylic acids is 1. The van der Waals surface area contributed by atoms with Crippen molar-refractivity contribution in [1.29, 1.82) is 0 Å². The lowest BCUT2D eigenvalue weighted by atomic mass is 10.1. The molecule has 0 aromatic heterocycles. The molecule has 0 aromatic rings. The number of hydrogen-bond acceptors (Lipinski definition) is 2. The normalized spacial score (nSPS) is 20.5. The number of carbonyl (C=O) groups is 1. The van der Waals surface area contributed by atoms with Crippen LogP contribution in [0.1, 0.15) is 33.1 Å². The summed E-state index contributed by atoms with van der Waals surface area (Å²) in [5.74, 6) is 0.00866. The van der Waals surface area contributed by atoms with E-state index in [1.807, 2.05) is 13.8 Å². The minimum absolute atomic E-state index is 0.00866. The van der Waals surface area contributed by atoms with E-state index in [1.54, 1.807) is 0 Å². The van der Waals surface area contributed by atoms with Crippen LogP contribution in [-0.2, 0) is 4.79 Å². The molecule has 0 aliphatic heterocycles. The minimum Gasteiger partial charge on any atom is -0.392 e. The average Bonchev–Trinajstić information content (AvgIpc) is 2.83. The fourth-order valence-electron chi connectivity index (χ4n) is 1.17. The highest BCUT2D eigenvalue weighted by atomic mass is 32.1. The Morgan fingerprint density at radius 3 is 2.54 bits per heavy atom. The Kier molecular flexibility index (Phi) is 2.91. The van der Waals surface area contributed by atoms with Gasteiger partial charge in [-0.3, -0.25) is 4.79 Å². The minimum atomic E-state index is -0.501. The van der Waals surface area contributed by atoms with Gasteiger partial charge in [0.05, 0.1) is 10.4 Å². The zero-order valence-corrected chi connectivity index (χ0v) is 8.91. The first kappa shape index (κ1) is 10.4. The molecule has 1 aliphatic rings. The fraction of sp³-hybridized carbons (Fsp3) is 0.778. The predicted octanol–water partition coefficient (Wildman–Crippen LogP) is 0.967. The molecule has 3 nitrogen and oxygen atoms in total. The van der Waals surface area contributed by atoms with Crippen molar-refractivity contribution >= 4 is 23.1 Å². The summed E-state index contributed by atoms with van der Waals surface area (Å²) in [6.07, 6.45) is 2.55. The number of hydrogen-bond donors (Lipinski definition) is 2. The molecule has 13 heavy (non-hydrogen) atoms. The summed E-state index contributed by atoms with van der Waals surface area (Å²) in [7, 11) is 0. The Hall–Kier alpha value is -0.640. The lowest BCUT2D eigenvalue weighted by Gasteiger charge is -2.17. The zero-order chi connectivity index (χ0) is 10.1. The maximum Gasteiger partial charge on any atom is 0.233 e. The molecule has 1 amide bonds. The second-order valence-electron chi connectivity index (χ2n) is 3.73. The van der Waals surface area contributed by atoms with Crippen molar-refractivity contribution in [1.82, 2.24) is 5.32 Å². The Bertz CT molecular complexity index is 236. The number of amides is 1. The van der Waals surface area contributed by atoms with E-state index >= 15 is 0 Å². The highest BCUT2D eigenvalue weighted by molar-refractivity contribution is 7.80. The van der Waals surface area contributed by atoms with Crippen LogP contribution in [0, 0.1) is 5.41 Å². The molecule has 1 fully saturated rings. The molecule has 0 bridgehead atoms. The van der Waals surface area contributed by atoms with Crippen LogP contribution in [0.4, 0.5) is 0 Å². The van der Waals surface area contributed by atoms with Crippen LogP contribution in [0.25, 0.3) is 0 Å². The second-order valence-corrected chi connectivity index (χ2v) is 4.17. The third kappa shape index (κ3) is 1.99. The SMILES string of the molecule is CCC(C)NC(=O)C1(C(N)=S)CC1. The van der Waals surface area contributed by atoms with Gasteiger partial charge in [-0.05, 0) is 26.2 Å². The summed E-state index contributed by atoms with van der Waals surface area (Å²) < 4.78 is 0. The maximum absolute atomic E-state index is 11.7. The topological polar surface area (TPSA) is 55.1 Å². The van der Waals surface area contributed by atoms with Gasteiger partial charge in [0.1, 0.15) is 0 Å². The first-order chi connectivity index (χ1) is 6.03. The third-order valence-electron chi connectivity index (χ3n) is 2.65. The second kappa shape index (κ2) is 3.62. The molecule has 1 atom stereocenters. The van der Waals surface area contributed by atoms with E-state index in [4.69, 9.17) is 18.0 Å². The van der Waals surface area contributed by atoms with Crippen LogP contribution in [0.2, 0.25) is 0 Å². The zero-order valence-electron chi connectivity index (χ0n) is 8.09. The molecule has 0 heterocycles. The van der Waals surface area contributed by atoms with Crippen molar-refractivity contribution in [2.45, 2.75) is 39.2 Å². The highest BCUT2D eigenvalue weighted by Gasteiger charge is 2.52. The van der Waals surface area contributed by atoms with Crippen molar-refractivity contribution in [3.8, 4) is 0 Å². The molecular weight excluding hydrogens is 184 g/mol. The first-order valence-electron chi connectivity index (χ1n) is 4.64. The fourth-order valence-corrected chi connectivity index (χ4v) is 1.47. The van der Waals surface area contributed by atoms with Gasteiger partial charge in [-0.1, -0.05) is 19.1 Å². The van der Waals surface area contributed by atoms with E-state index < -0.39 is 5.41 Å². The van der Waals surface area contributed by atoms with Crippen molar-refractivity contribution < 1.29 is 4.79 Å². The third-order valence-corrected chi connectivity index (χ3v) is 3.04. The number of nitrogens with two attached hydrogens (primary N) is 1. The van der Waals surface area contributed by atoms with Gasteiger partial charge in [0.2, 0.25) is 5.91 Å². The van der Waals surface area contributed by atoms with Crippen molar-refractivity contribution in [3.05, 3.63) is 0 Å². The standard InChI is InChI=1S/C9H16N2OS/c1-3-6(2)11-8(12)9(4-5-9)7(10)13/h6H,3-5H2,1-2H3,(H2,10,13)(H,11,12). The van der Waals surface area contributed by atoms with E-state index in [0.29, 0.717) is 4.99 Å². The summed E-state index contributed by atoms with van der Waals surface area (Å²) in [5, 5.41) is 2.91. The lowest BCUT2D eigenvalue weighted by Crippen LogP contribution is -2.43. The largest absolute Gasteiger partial charge is 0.392 e. The van der Waals surface area contributed by atoms with Gasteiger partial charge in [0.25, 0.3) is 0 Å². The first-order valence-corrected chi connectivity index (χ1v) is 5.04. The highest BCUT2D eigenvalue weighted by Crippen LogP contribution is 2.46. The quantitative estimate of drug-likeness (QED) is 0.665. The molecule has 0 spiro atoms. The van der Waals surface area contributed by atoms with Gasteiger partial charge in [0.15, 0.2) is 0 Å². The van der Waals surface area contributed by atoms with E-state index in [9.17, 15) is 4.79 Å². The Balaban J connectivity index is 2.53. The summed E-state index contributed by atoms with van der Waals surface area (Å²) in [4.78, 5) is 12.0. The smallest absolute Gasteiger partial charge is 0.233 e. The van der Waals surface area contributed by atoms with Crippen LogP contribution in [-0.4, -0.2) is 16.9 Å². The summed E-state index contributed by atoms with van der Waals surface area (Å²) in [5.41, 5.74) is 5.02. The van der Waals surface area contributed by atoms with E-state index in [-0.39, 0.29) is 11.9 Å². The molecule has 1 unspecified atom stereocenters. The molecule has 1 aliphatic carbocycles. The van der Waals surface area contributed by atoms with Crippen LogP contribution in [0.3, 0.4) is 0 Å². The molecule has 1 rings (SSSR count). The van der Waals surface area contributed by atoms with Gasteiger partial charge >= 0.3 is 0 Å². The number of rotatable bonds is 4. The molecule has 3 N–H and O–H groups in total. The summed E-state index contributed by atoms with van der Waals surface area (Å²) >= 11 is 4.88. The van der Waals surface area contributed by atoms with Gasteiger partial charge in [-0.25, -0.2) is 0 Å². The van der Waals surface area contributed by atoms with E-state index in [1.165, 1.54) is 0 Å². The van der Waals surface area contributed by atoms with Gasteiger partial charge in [-0.2, -0.15) is 0 Å². The summed E-state index contributed by atoms with van der Waals surface area (Å²) in [6, 6.07) is 0.208. The summed E-state index contributed by atoms with van der Waals surface area (Å²) in [6.45, 7) is 4.01. The van der Waals surface area contributed by atoms with Crippen molar-refractivity contribution in [2.75, 3.05) is 0 Å². The van der Waals surface area contributed by atoms with Crippen LogP contribution in [0.15, 0.2) is 0 Å². The van der Waals surface area contributed by atoms with Crippen LogP contribution >= 0.6 is 12.2 Å². The molecule has 0 radical (unpaired) electrons. The van der Waals surface area contributed by atoms with Gasteiger partial charge in [-0.15, -0.1) is 0 Å². The molecule has 0 aromatic carbocycles. The molecule has 1 saturated carbocycles.